The van der Waals surface area contributed by atoms with Gasteiger partial charge in [-0.1, -0.05) is 24.3 Å². The third-order valence-corrected chi connectivity index (χ3v) is 3.79. The van der Waals surface area contributed by atoms with Crippen LogP contribution >= 0.6 is 0 Å². The summed E-state index contributed by atoms with van der Waals surface area (Å²) in [4.78, 5) is 10.7. The number of rotatable bonds is 3. The second-order valence-electron chi connectivity index (χ2n) is 5.87. The molecule has 144 valence electrons. The molecule has 0 atom stereocenters. The average molecular weight is 412 g/mol. The Morgan fingerprint density at radius 1 is 0.857 bits per heavy atom. The van der Waals surface area contributed by atoms with Gasteiger partial charge >= 0.3 is 51.4 Å². The maximum Gasteiger partial charge on any atom is 1.00 e. The molecule has 3 rings (SSSR count). The predicted octanol–water partition coefficient (Wildman–Crippen LogP) is -1.56. The molecule has 1 aliphatic heterocycles. The Bertz CT molecular complexity index is 699. The van der Waals surface area contributed by atoms with Crippen molar-refractivity contribution in [2.24, 2.45) is 0 Å². The molecule has 7 nitrogen and oxygen atoms in total. The van der Waals surface area contributed by atoms with Crippen LogP contribution in [0.15, 0.2) is 48.5 Å². The second-order valence-corrected chi connectivity index (χ2v) is 5.87. The van der Waals surface area contributed by atoms with Crippen LogP contribution in [-0.2, 0) is 9.53 Å². The minimum atomic E-state index is -1.30. The van der Waals surface area contributed by atoms with Gasteiger partial charge in [0.15, 0.2) is 23.0 Å². The van der Waals surface area contributed by atoms with Crippen molar-refractivity contribution in [3.8, 4) is 23.0 Å². The van der Waals surface area contributed by atoms with Crippen molar-refractivity contribution in [1.82, 2.24) is 0 Å². The van der Waals surface area contributed by atoms with Gasteiger partial charge in [0.05, 0.1) is 25.8 Å². The van der Waals surface area contributed by atoms with E-state index in [0.717, 1.165) is 0 Å². The van der Waals surface area contributed by atoms with Crippen molar-refractivity contribution in [3.05, 3.63) is 48.5 Å². The number of para-hydroxylation sites is 4. The van der Waals surface area contributed by atoms with Crippen LogP contribution in [0.4, 0.5) is 0 Å². The summed E-state index contributed by atoms with van der Waals surface area (Å²) in [6.07, 6.45) is 0.0759. The number of ether oxygens (including phenoxy) is 5. The SMILES string of the molecule is O=C([O-])COC1COc2ccccc2OCCCOc2ccccc2OC1.[K+]. The summed E-state index contributed by atoms with van der Waals surface area (Å²) in [6.45, 7) is 0.572. The summed E-state index contributed by atoms with van der Waals surface area (Å²) in [6, 6.07) is 14.6. The minimum Gasteiger partial charge on any atom is -0.548 e. The third-order valence-electron chi connectivity index (χ3n) is 3.79. The van der Waals surface area contributed by atoms with Crippen LogP contribution in [0.1, 0.15) is 6.42 Å². The molecule has 1 aliphatic rings. The molecule has 0 aliphatic carbocycles. The fourth-order valence-electron chi connectivity index (χ4n) is 2.50. The smallest absolute Gasteiger partial charge is 0.548 e. The first kappa shape index (κ1) is 23.0. The molecular weight excluding hydrogens is 391 g/mol. The Hall–Kier alpha value is -1.29. The predicted molar refractivity (Wildman–Crippen MR) is 94.2 cm³/mol. The van der Waals surface area contributed by atoms with Gasteiger partial charge in [-0.05, 0) is 24.3 Å². The Balaban J connectivity index is 0.00000280. The molecular formula is C20H21KO7. The number of hydrogen-bond donors (Lipinski definition) is 0. The zero-order valence-corrected chi connectivity index (χ0v) is 18.9. The molecule has 0 fully saturated rings. The first-order valence-corrected chi connectivity index (χ1v) is 8.73. The van der Waals surface area contributed by atoms with Crippen LogP contribution in [-0.4, -0.2) is 45.1 Å². The maximum atomic E-state index is 10.7. The van der Waals surface area contributed by atoms with Crippen molar-refractivity contribution in [2.45, 2.75) is 12.5 Å². The zero-order chi connectivity index (χ0) is 18.9. The molecule has 1 heterocycles. The van der Waals surface area contributed by atoms with Gasteiger partial charge in [0, 0.05) is 6.42 Å². The van der Waals surface area contributed by atoms with Crippen molar-refractivity contribution in [3.63, 3.8) is 0 Å². The third kappa shape index (κ3) is 7.27. The quantitative estimate of drug-likeness (QED) is 0.564. The van der Waals surface area contributed by atoms with Crippen LogP contribution in [0.25, 0.3) is 0 Å². The van der Waals surface area contributed by atoms with Crippen LogP contribution in [0.2, 0.25) is 0 Å². The maximum absolute atomic E-state index is 10.7. The van der Waals surface area contributed by atoms with Gasteiger partial charge in [-0.3, -0.25) is 0 Å². The summed E-state index contributed by atoms with van der Waals surface area (Å²) >= 11 is 0. The summed E-state index contributed by atoms with van der Waals surface area (Å²) in [5.74, 6) is 1.02. The average Bonchev–Trinajstić information content (AvgIpc) is 2.68. The summed E-state index contributed by atoms with van der Waals surface area (Å²) in [7, 11) is 0. The van der Waals surface area contributed by atoms with Crippen LogP contribution in [0, 0.1) is 0 Å². The number of fused-ring (bicyclic) bond motifs is 2. The molecule has 0 radical (unpaired) electrons. The summed E-state index contributed by atoms with van der Waals surface area (Å²) in [5, 5.41) is 10.7. The molecule has 0 N–H and O–H groups in total. The van der Waals surface area contributed by atoms with Gasteiger partial charge in [-0.2, -0.15) is 0 Å². The first-order chi connectivity index (χ1) is 13.2. The molecule has 0 bridgehead atoms. The Morgan fingerprint density at radius 2 is 1.29 bits per heavy atom. The molecule has 0 saturated heterocycles. The van der Waals surface area contributed by atoms with Gasteiger partial charge in [-0.25, -0.2) is 0 Å². The fourth-order valence-corrected chi connectivity index (χ4v) is 2.50. The number of carboxylic acids is 1. The van der Waals surface area contributed by atoms with E-state index in [1.54, 1.807) is 12.1 Å². The molecule has 0 unspecified atom stereocenters. The van der Waals surface area contributed by atoms with E-state index in [4.69, 9.17) is 23.7 Å². The molecule has 28 heavy (non-hydrogen) atoms. The second kappa shape index (κ2) is 12.3. The molecule has 2 aromatic rings. The van der Waals surface area contributed by atoms with E-state index in [-0.39, 0.29) is 64.6 Å². The molecule has 2 aromatic carbocycles. The number of carbonyl (C=O) groups excluding carboxylic acids is 1. The monoisotopic (exact) mass is 412 g/mol. The number of aliphatic carboxylic acids is 1. The molecule has 0 aromatic heterocycles. The topological polar surface area (TPSA) is 86.3 Å². The molecule has 0 amide bonds. The molecule has 0 saturated carbocycles. The first-order valence-electron chi connectivity index (χ1n) is 8.73. The molecule has 8 heteroatoms. The van der Waals surface area contributed by atoms with E-state index in [1.807, 2.05) is 36.4 Å². The van der Waals surface area contributed by atoms with E-state index in [1.165, 1.54) is 0 Å². The number of carbonyl (C=O) groups is 1. The number of benzene rings is 2. The van der Waals surface area contributed by atoms with E-state index in [9.17, 15) is 9.90 Å². The van der Waals surface area contributed by atoms with Gasteiger partial charge in [-0.15, -0.1) is 0 Å². The van der Waals surface area contributed by atoms with Crippen molar-refractivity contribution in [2.75, 3.05) is 33.0 Å². The fraction of sp³-hybridized carbons (Fsp3) is 0.350. The number of carboxylic acid groups (broad SMARTS) is 1. The standard InChI is InChI=1S/C20H22O7.K/c21-20(22)14-25-15-12-26-18-8-3-1-6-16(18)23-10-5-11-24-17-7-2-4-9-19(17)27-13-15;/h1-4,6-9,15H,5,10-14H2,(H,21,22);/q;+1/p-1. The van der Waals surface area contributed by atoms with Crippen molar-refractivity contribution >= 4 is 5.97 Å². The summed E-state index contributed by atoms with van der Waals surface area (Å²) in [5.41, 5.74) is 0. The van der Waals surface area contributed by atoms with E-state index in [2.05, 4.69) is 0 Å². The van der Waals surface area contributed by atoms with Crippen molar-refractivity contribution < 1.29 is 85.0 Å². The van der Waals surface area contributed by atoms with Gasteiger partial charge in [0.2, 0.25) is 0 Å². The van der Waals surface area contributed by atoms with E-state index in [0.29, 0.717) is 42.6 Å². The van der Waals surface area contributed by atoms with E-state index >= 15 is 0 Å². The number of hydrogen-bond acceptors (Lipinski definition) is 7. The van der Waals surface area contributed by atoms with Gasteiger partial charge in [0.1, 0.15) is 19.3 Å². The van der Waals surface area contributed by atoms with Crippen LogP contribution < -0.4 is 75.4 Å². The van der Waals surface area contributed by atoms with Gasteiger partial charge < -0.3 is 33.6 Å². The van der Waals surface area contributed by atoms with Crippen molar-refractivity contribution in [1.29, 1.82) is 0 Å². The Kier molecular flexibility index (Phi) is 10.1. The largest absolute Gasteiger partial charge is 1.00 e. The Labute approximate surface area is 206 Å². The van der Waals surface area contributed by atoms with Crippen LogP contribution in [0.5, 0.6) is 23.0 Å². The van der Waals surface area contributed by atoms with Gasteiger partial charge in [0.25, 0.3) is 0 Å². The Morgan fingerprint density at radius 3 is 1.71 bits per heavy atom. The summed E-state index contributed by atoms with van der Waals surface area (Å²) < 4.78 is 28.5. The van der Waals surface area contributed by atoms with E-state index < -0.39 is 18.7 Å². The minimum absolute atomic E-state index is 0. The molecule has 0 spiro atoms. The normalized spacial score (nSPS) is 15.0. The van der Waals surface area contributed by atoms with Crippen LogP contribution in [0.3, 0.4) is 0 Å². The zero-order valence-electron chi connectivity index (χ0n) is 15.8.